The highest BCUT2D eigenvalue weighted by Crippen LogP contribution is 2.20. The molecule has 3 rings (SSSR count). The molecule has 2 heterocycles. The van der Waals surface area contributed by atoms with E-state index in [1.807, 2.05) is 18.2 Å². The van der Waals surface area contributed by atoms with Gasteiger partial charge >= 0.3 is 0 Å². The third-order valence-electron chi connectivity index (χ3n) is 4.03. The number of carbonyl (C=O) groups excluding carboxylic acids is 2. The molecule has 0 radical (unpaired) electrons. The van der Waals surface area contributed by atoms with Gasteiger partial charge in [-0.1, -0.05) is 30.3 Å². The number of nitrogens with one attached hydrogen (secondary N) is 2. The third-order valence-corrected chi connectivity index (χ3v) is 4.03. The van der Waals surface area contributed by atoms with Crippen molar-refractivity contribution in [3.63, 3.8) is 0 Å². The number of benzene rings is 1. The zero-order valence-corrected chi connectivity index (χ0v) is 13.3. The smallest absolute Gasteiger partial charge is 0.243 e. The van der Waals surface area contributed by atoms with E-state index in [1.165, 1.54) is 5.56 Å². The Labute approximate surface area is 140 Å². The maximum Gasteiger partial charge on any atom is 0.243 e. The molecule has 1 aliphatic heterocycles. The fourth-order valence-corrected chi connectivity index (χ4v) is 2.67. The number of likely N-dealkylation sites (tertiary alicyclic amines) is 1. The van der Waals surface area contributed by atoms with Crippen LogP contribution in [0.15, 0.2) is 54.9 Å². The summed E-state index contributed by atoms with van der Waals surface area (Å²) in [6, 6.07) is 13.4. The summed E-state index contributed by atoms with van der Waals surface area (Å²) in [6.45, 7) is 1.61. The van der Waals surface area contributed by atoms with Gasteiger partial charge in [0.05, 0.1) is 24.5 Å². The Hall–Kier alpha value is -2.73. The number of amides is 2. The lowest BCUT2D eigenvalue weighted by Crippen LogP contribution is -2.56. The second-order valence-corrected chi connectivity index (χ2v) is 5.77. The first-order chi connectivity index (χ1) is 11.7. The van der Waals surface area contributed by atoms with Gasteiger partial charge in [-0.3, -0.25) is 19.5 Å². The molecule has 6 nitrogen and oxygen atoms in total. The van der Waals surface area contributed by atoms with Crippen LogP contribution in [-0.2, 0) is 16.1 Å². The summed E-state index contributed by atoms with van der Waals surface area (Å²) < 4.78 is 0. The molecule has 6 heteroatoms. The molecule has 0 bridgehead atoms. The first kappa shape index (κ1) is 16.1. The van der Waals surface area contributed by atoms with Crippen LogP contribution in [0.25, 0.3) is 0 Å². The van der Waals surface area contributed by atoms with Gasteiger partial charge in [0, 0.05) is 19.3 Å². The standard InChI is InChI=1S/C18H20N4O2/c23-17(21-15-7-4-9-19-11-15)12-20-18(24)16-8-10-22(16)13-14-5-2-1-3-6-14/h1-7,9,11,16H,8,10,12-13H2,(H,20,24)(H,21,23)/t16-/m0/s1. The van der Waals surface area contributed by atoms with Crippen LogP contribution in [-0.4, -0.2) is 40.8 Å². The van der Waals surface area contributed by atoms with Crippen LogP contribution in [0.5, 0.6) is 0 Å². The van der Waals surface area contributed by atoms with E-state index < -0.39 is 0 Å². The lowest BCUT2D eigenvalue weighted by atomic mass is 10.0. The van der Waals surface area contributed by atoms with Crippen LogP contribution in [0.2, 0.25) is 0 Å². The van der Waals surface area contributed by atoms with E-state index in [9.17, 15) is 9.59 Å². The largest absolute Gasteiger partial charge is 0.346 e. The molecular weight excluding hydrogens is 304 g/mol. The van der Waals surface area contributed by atoms with E-state index in [1.54, 1.807) is 24.5 Å². The number of hydrogen-bond donors (Lipinski definition) is 2. The summed E-state index contributed by atoms with van der Waals surface area (Å²) in [7, 11) is 0. The molecule has 0 saturated carbocycles. The summed E-state index contributed by atoms with van der Waals surface area (Å²) in [5, 5.41) is 5.40. The van der Waals surface area contributed by atoms with Gasteiger partial charge in [-0.25, -0.2) is 0 Å². The van der Waals surface area contributed by atoms with E-state index in [0.717, 1.165) is 19.5 Å². The number of hydrogen-bond acceptors (Lipinski definition) is 4. The van der Waals surface area contributed by atoms with Gasteiger partial charge in [-0.05, 0) is 24.1 Å². The highest BCUT2D eigenvalue weighted by molar-refractivity contribution is 5.95. The summed E-state index contributed by atoms with van der Waals surface area (Å²) in [4.78, 5) is 30.1. The number of rotatable bonds is 6. The normalized spacial score (nSPS) is 16.9. The Balaban J connectivity index is 1.44. The van der Waals surface area contributed by atoms with Crippen molar-refractivity contribution in [2.24, 2.45) is 0 Å². The molecule has 1 aromatic carbocycles. The molecule has 1 fully saturated rings. The molecule has 2 amide bonds. The van der Waals surface area contributed by atoms with Crippen LogP contribution in [0.4, 0.5) is 5.69 Å². The minimum atomic E-state index is -0.259. The van der Waals surface area contributed by atoms with Crippen molar-refractivity contribution in [2.45, 2.75) is 19.0 Å². The molecule has 124 valence electrons. The van der Waals surface area contributed by atoms with Gasteiger partial charge in [0.15, 0.2) is 0 Å². The molecule has 1 saturated heterocycles. The van der Waals surface area contributed by atoms with Gasteiger partial charge in [0.25, 0.3) is 0 Å². The van der Waals surface area contributed by atoms with E-state index >= 15 is 0 Å². The van der Waals surface area contributed by atoms with Crippen molar-refractivity contribution in [2.75, 3.05) is 18.4 Å². The zero-order chi connectivity index (χ0) is 16.8. The lowest BCUT2D eigenvalue weighted by Gasteiger charge is -2.39. The van der Waals surface area contributed by atoms with Crippen molar-refractivity contribution < 1.29 is 9.59 Å². The minimum Gasteiger partial charge on any atom is -0.346 e. The fourth-order valence-electron chi connectivity index (χ4n) is 2.67. The minimum absolute atomic E-state index is 0.0383. The quantitative estimate of drug-likeness (QED) is 0.842. The maximum absolute atomic E-state index is 12.2. The number of carbonyl (C=O) groups is 2. The third kappa shape index (κ3) is 4.17. The van der Waals surface area contributed by atoms with Gasteiger partial charge in [0.2, 0.25) is 11.8 Å². The Kier molecular flexibility index (Phi) is 5.18. The summed E-state index contributed by atoms with van der Waals surface area (Å²) in [5.74, 6) is -0.358. The predicted octanol–water partition coefficient (Wildman–Crippen LogP) is 1.41. The van der Waals surface area contributed by atoms with Crippen LogP contribution in [0.1, 0.15) is 12.0 Å². The number of aromatic nitrogens is 1. The Bertz CT molecular complexity index is 691. The van der Waals surface area contributed by atoms with E-state index in [2.05, 4.69) is 32.7 Å². The van der Waals surface area contributed by atoms with E-state index in [-0.39, 0.29) is 24.4 Å². The number of pyridine rings is 1. The van der Waals surface area contributed by atoms with E-state index in [0.29, 0.717) is 5.69 Å². The van der Waals surface area contributed by atoms with Crippen molar-refractivity contribution in [3.8, 4) is 0 Å². The second kappa shape index (κ2) is 7.70. The fraction of sp³-hybridized carbons (Fsp3) is 0.278. The van der Waals surface area contributed by atoms with Crippen LogP contribution < -0.4 is 10.6 Å². The SMILES string of the molecule is O=C(CNC(=O)[C@@H]1CCN1Cc1ccccc1)Nc1cccnc1. The van der Waals surface area contributed by atoms with Gasteiger partial charge in [-0.2, -0.15) is 0 Å². The molecule has 2 aromatic rings. The Morgan fingerprint density at radius 3 is 2.67 bits per heavy atom. The predicted molar refractivity (Wildman–Crippen MR) is 91.1 cm³/mol. The molecule has 1 aliphatic rings. The van der Waals surface area contributed by atoms with Crippen molar-refractivity contribution >= 4 is 17.5 Å². The van der Waals surface area contributed by atoms with Crippen molar-refractivity contribution in [1.82, 2.24) is 15.2 Å². The average Bonchev–Trinajstić information content (AvgIpc) is 2.59. The molecule has 0 aliphatic carbocycles. The van der Waals surface area contributed by atoms with Gasteiger partial charge < -0.3 is 10.6 Å². The molecule has 0 unspecified atom stereocenters. The summed E-state index contributed by atoms with van der Waals surface area (Å²) in [6.07, 6.45) is 4.02. The Morgan fingerprint density at radius 1 is 1.17 bits per heavy atom. The molecule has 24 heavy (non-hydrogen) atoms. The molecule has 1 aromatic heterocycles. The highest BCUT2D eigenvalue weighted by atomic mass is 16.2. The van der Waals surface area contributed by atoms with Crippen molar-refractivity contribution in [1.29, 1.82) is 0 Å². The van der Waals surface area contributed by atoms with Gasteiger partial charge in [-0.15, -0.1) is 0 Å². The lowest BCUT2D eigenvalue weighted by molar-refractivity contribution is -0.132. The maximum atomic E-state index is 12.2. The van der Waals surface area contributed by atoms with Crippen molar-refractivity contribution in [3.05, 3.63) is 60.4 Å². The Morgan fingerprint density at radius 2 is 2.00 bits per heavy atom. The summed E-state index contributed by atoms with van der Waals surface area (Å²) >= 11 is 0. The summed E-state index contributed by atoms with van der Waals surface area (Å²) in [5.41, 5.74) is 1.80. The average molecular weight is 324 g/mol. The number of nitrogens with zero attached hydrogens (tertiary/aromatic N) is 2. The zero-order valence-electron chi connectivity index (χ0n) is 13.3. The van der Waals surface area contributed by atoms with Crippen LogP contribution in [0.3, 0.4) is 0 Å². The molecule has 1 atom stereocenters. The topological polar surface area (TPSA) is 74.3 Å². The van der Waals surface area contributed by atoms with Gasteiger partial charge in [0.1, 0.15) is 0 Å². The second-order valence-electron chi connectivity index (χ2n) is 5.77. The molecule has 2 N–H and O–H groups in total. The first-order valence-corrected chi connectivity index (χ1v) is 7.98. The van der Waals surface area contributed by atoms with E-state index in [4.69, 9.17) is 0 Å². The molecular formula is C18H20N4O2. The first-order valence-electron chi connectivity index (χ1n) is 7.98. The highest BCUT2D eigenvalue weighted by Gasteiger charge is 2.33. The monoisotopic (exact) mass is 324 g/mol. The van der Waals surface area contributed by atoms with Crippen LogP contribution in [0, 0.1) is 0 Å². The van der Waals surface area contributed by atoms with Crippen LogP contribution >= 0.6 is 0 Å². The number of anilines is 1. The molecule has 0 spiro atoms.